The van der Waals surface area contributed by atoms with Crippen LogP contribution in [-0.2, 0) is 4.79 Å². The van der Waals surface area contributed by atoms with E-state index in [1.807, 2.05) is 42.5 Å². The zero-order valence-electron chi connectivity index (χ0n) is 9.99. The van der Waals surface area contributed by atoms with Crippen molar-refractivity contribution in [3.8, 4) is 0 Å². The third-order valence-corrected chi connectivity index (χ3v) is 3.42. The molecule has 0 aromatic heterocycles. The van der Waals surface area contributed by atoms with Gasteiger partial charge in [0.2, 0.25) is 5.91 Å². The smallest absolute Gasteiger partial charge is 0.243 e. The van der Waals surface area contributed by atoms with Gasteiger partial charge in [-0.05, 0) is 52.9 Å². The van der Waals surface area contributed by atoms with Gasteiger partial charge in [0.15, 0.2) is 0 Å². The van der Waals surface area contributed by atoms with E-state index < -0.39 is 0 Å². The molecule has 0 heterocycles. The van der Waals surface area contributed by atoms with Gasteiger partial charge < -0.3 is 10.6 Å². The first kappa shape index (κ1) is 14.1. The quantitative estimate of drug-likeness (QED) is 0.780. The Labute approximate surface area is 130 Å². The Morgan fingerprint density at radius 3 is 2.58 bits per heavy atom. The van der Waals surface area contributed by atoms with Gasteiger partial charge >= 0.3 is 0 Å². The van der Waals surface area contributed by atoms with Crippen molar-refractivity contribution < 1.29 is 4.79 Å². The van der Waals surface area contributed by atoms with Crippen molar-refractivity contribution in [2.75, 3.05) is 17.2 Å². The van der Waals surface area contributed by atoms with E-state index in [0.29, 0.717) is 10.7 Å². The van der Waals surface area contributed by atoms with Gasteiger partial charge in [-0.2, -0.15) is 0 Å². The van der Waals surface area contributed by atoms with Crippen molar-refractivity contribution in [2.24, 2.45) is 0 Å². The second kappa shape index (κ2) is 6.77. The van der Waals surface area contributed by atoms with E-state index in [-0.39, 0.29) is 12.5 Å². The molecule has 2 aromatic rings. The lowest BCUT2D eigenvalue weighted by molar-refractivity contribution is -0.114. The summed E-state index contributed by atoms with van der Waals surface area (Å²) in [5.41, 5.74) is 1.54. The second-order valence-corrected chi connectivity index (χ2v) is 5.54. The number of anilines is 2. The van der Waals surface area contributed by atoms with Crippen LogP contribution < -0.4 is 10.6 Å². The molecular weight excluding hydrogens is 375 g/mol. The number of carbonyl (C=O) groups excluding carboxylic acids is 1. The first-order chi connectivity index (χ1) is 9.15. The molecule has 0 aliphatic rings. The summed E-state index contributed by atoms with van der Waals surface area (Å²) in [7, 11) is 0. The van der Waals surface area contributed by atoms with Crippen molar-refractivity contribution in [2.45, 2.75) is 0 Å². The number of carbonyl (C=O) groups is 1. The Morgan fingerprint density at radius 2 is 1.89 bits per heavy atom. The molecular formula is C14H12ClIN2O. The number of amides is 1. The average molecular weight is 387 g/mol. The number of hydrogen-bond donors (Lipinski definition) is 2. The molecule has 0 radical (unpaired) electrons. The summed E-state index contributed by atoms with van der Waals surface area (Å²) >= 11 is 8.22. The summed E-state index contributed by atoms with van der Waals surface area (Å²) in [5.74, 6) is -0.132. The molecule has 2 N–H and O–H groups in total. The summed E-state index contributed by atoms with van der Waals surface area (Å²) in [6.07, 6.45) is 0. The lowest BCUT2D eigenvalue weighted by atomic mass is 10.3. The molecule has 2 aromatic carbocycles. The first-order valence-corrected chi connectivity index (χ1v) is 7.14. The maximum Gasteiger partial charge on any atom is 0.243 e. The normalized spacial score (nSPS) is 10.0. The van der Waals surface area contributed by atoms with Crippen molar-refractivity contribution in [3.05, 3.63) is 57.1 Å². The van der Waals surface area contributed by atoms with Crippen LogP contribution in [0.25, 0.3) is 0 Å². The molecule has 0 bridgehead atoms. The van der Waals surface area contributed by atoms with E-state index in [9.17, 15) is 4.79 Å². The second-order valence-electron chi connectivity index (χ2n) is 3.89. The largest absolute Gasteiger partial charge is 0.376 e. The fraction of sp³-hybridized carbons (Fsp3) is 0.0714. The highest BCUT2D eigenvalue weighted by Gasteiger charge is 2.05. The number of hydrogen-bond acceptors (Lipinski definition) is 2. The zero-order chi connectivity index (χ0) is 13.7. The first-order valence-electron chi connectivity index (χ1n) is 5.69. The fourth-order valence-corrected chi connectivity index (χ4v) is 2.43. The molecule has 5 heteroatoms. The highest BCUT2D eigenvalue weighted by atomic mass is 127. The predicted octanol–water partition coefficient (Wildman–Crippen LogP) is 4.00. The molecule has 98 valence electrons. The van der Waals surface area contributed by atoms with E-state index in [1.165, 1.54) is 0 Å². The van der Waals surface area contributed by atoms with Gasteiger partial charge in [-0.1, -0.05) is 29.8 Å². The molecule has 0 spiro atoms. The van der Waals surface area contributed by atoms with Crippen molar-refractivity contribution >= 4 is 51.5 Å². The maximum atomic E-state index is 11.8. The fourth-order valence-electron chi connectivity index (χ4n) is 1.52. The van der Waals surface area contributed by atoms with E-state index >= 15 is 0 Å². The Morgan fingerprint density at radius 1 is 1.16 bits per heavy atom. The highest BCUT2D eigenvalue weighted by Crippen LogP contribution is 2.23. The molecule has 1 amide bonds. The third kappa shape index (κ3) is 4.40. The summed E-state index contributed by atoms with van der Waals surface area (Å²) in [6, 6.07) is 15.1. The minimum absolute atomic E-state index is 0.132. The molecule has 0 atom stereocenters. The van der Waals surface area contributed by atoms with E-state index in [0.717, 1.165) is 9.26 Å². The highest BCUT2D eigenvalue weighted by molar-refractivity contribution is 14.1. The molecule has 0 aliphatic heterocycles. The molecule has 3 nitrogen and oxygen atoms in total. The van der Waals surface area contributed by atoms with Crippen LogP contribution in [0.3, 0.4) is 0 Å². The molecule has 2 rings (SSSR count). The molecule has 0 aliphatic carbocycles. The number of halogens is 2. The lowest BCUT2D eigenvalue weighted by Crippen LogP contribution is -2.21. The van der Waals surface area contributed by atoms with Crippen LogP contribution in [0.4, 0.5) is 11.4 Å². The summed E-state index contributed by atoms with van der Waals surface area (Å²) < 4.78 is 1.03. The van der Waals surface area contributed by atoms with Crippen molar-refractivity contribution in [1.29, 1.82) is 0 Å². The van der Waals surface area contributed by atoms with Gasteiger partial charge in [0.05, 0.1) is 17.3 Å². The van der Waals surface area contributed by atoms with Crippen molar-refractivity contribution in [3.63, 3.8) is 0 Å². The van der Waals surface area contributed by atoms with Crippen LogP contribution in [0.5, 0.6) is 0 Å². The van der Waals surface area contributed by atoms with Crippen LogP contribution in [0.15, 0.2) is 48.5 Å². The van der Waals surface area contributed by atoms with Crippen LogP contribution in [0, 0.1) is 3.57 Å². The molecule has 0 unspecified atom stereocenters. The van der Waals surface area contributed by atoms with Crippen LogP contribution in [-0.4, -0.2) is 12.5 Å². The summed E-state index contributed by atoms with van der Waals surface area (Å²) in [6.45, 7) is 0.201. The molecule has 19 heavy (non-hydrogen) atoms. The Hall–Kier alpha value is -1.27. The predicted molar refractivity (Wildman–Crippen MR) is 87.7 cm³/mol. The zero-order valence-corrected chi connectivity index (χ0v) is 12.9. The Balaban J connectivity index is 1.91. The van der Waals surface area contributed by atoms with Gasteiger partial charge in [0, 0.05) is 9.26 Å². The third-order valence-electron chi connectivity index (χ3n) is 2.43. The van der Waals surface area contributed by atoms with Crippen LogP contribution >= 0.6 is 34.2 Å². The summed E-state index contributed by atoms with van der Waals surface area (Å²) in [5, 5.41) is 6.35. The summed E-state index contributed by atoms with van der Waals surface area (Å²) in [4.78, 5) is 11.8. The monoisotopic (exact) mass is 386 g/mol. The maximum absolute atomic E-state index is 11.8. The van der Waals surface area contributed by atoms with Crippen LogP contribution in [0.2, 0.25) is 5.02 Å². The van der Waals surface area contributed by atoms with Gasteiger partial charge in [-0.25, -0.2) is 0 Å². The minimum Gasteiger partial charge on any atom is -0.376 e. The number of nitrogens with one attached hydrogen (secondary N) is 2. The number of rotatable bonds is 4. The van der Waals surface area contributed by atoms with E-state index in [1.54, 1.807) is 6.07 Å². The molecule has 0 saturated heterocycles. The van der Waals surface area contributed by atoms with Gasteiger partial charge in [-0.15, -0.1) is 0 Å². The average Bonchev–Trinajstić information content (AvgIpc) is 2.41. The Kier molecular flexibility index (Phi) is 5.04. The minimum atomic E-state index is -0.132. The molecule has 0 saturated carbocycles. The Bertz CT molecular complexity index is 575. The lowest BCUT2D eigenvalue weighted by Gasteiger charge is -2.09. The van der Waals surface area contributed by atoms with Gasteiger partial charge in [0.25, 0.3) is 0 Å². The van der Waals surface area contributed by atoms with Crippen LogP contribution in [0.1, 0.15) is 0 Å². The van der Waals surface area contributed by atoms with Gasteiger partial charge in [0.1, 0.15) is 0 Å². The number of para-hydroxylation sites is 1. The SMILES string of the molecule is O=C(CNc1ccccc1)Nc1ccc(I)cc1Cl. The van der Waals surface area contributed by atoms with E-state index in [4.69, 9.17) is 11.6 Å². The van der Waals surface area contributed by atoms with E-state index in [2.05, 4.69) is 33.2 Å². The topological polar surface area (TPSA) is 41.1 Å². The standard InChI is InChI=1S/C14H12ClIN2O/c15-12-8-10(16)6-7-13(12)18-14(19)9-17-11-4-2-1-3-5-11/h1-8,17H,9H2,(H,18,19). The molecule has 0 fully saturated rings. The number of benzene rings is 2. The van der Waals surface area contributed by atoms with Crippen molar-refractivity contribution in [1.82, 2.24) is 0 Å². The van der Waals surface area contributed by atoms with Gasteiger partial charge in [-0.3, -0.25) is 4.79 Å².